The largest absolute Gasteiger partial charge is 0.388 e. The number of carbonyl (C=O) groups excluding carboxylic acids is 1. The average molecular weight is 202 g/mol. The minimum absolute atomic E-state index is 0.0289. The molecular formula is C13H14O2. The van der Waals surface area contributed by atoms with E-state index in [1.54, 1.807) is 12.1 Å². The van der Waals surface area contributed by atoms with Crippen LogP contribution in [0.3, 0.4) is 0 Å². The number of fused-ring (bicyclic) bond motifs is 1. The number of aliphatic hydroxyl groups is 1. The molecule has 0 radical (unpaired) electrons. The van der Waals surface area contributed by atoms with Crippen LogP contribution >= 0.6 is 0 Å². The molecule has 1 atom stereocenters. The van der Waals surface area contributed by atoms with E-state index in [1.165, 1.54) is 6.92 Å². The lowest BCUT2D eigenvalue weighted by molar-refractivity contribution is 0.101. The average Bonchev–Trinajstić information content (AvgIpc) is 2.23. The lowest BCUT2D eigenvalue weighted by Crippen LogP contribution is -2.09. The van der Waals surface area contributed by atoms with E-state index in [-0.39, 0.29) is 5.78 Å². The van der Waals surface area contributed by atoms with Crippen molar-refractivity contribution in [2.75, 3.05) is 0 Å². The summed E-state index contributed by atoms with van der Waals surface area (Å²) >= 11 is 0. The van der Waals surface area contributed by atoms with Gasteiger partial charge in [0.15, 0.2) is 5.78 Å². The van der Waals surface area contributed by atoms with E-state index in [0.717, 1.165) is 23.1 Å². The molecule has 2 heteroatoms. The summed E-state index contributed by atoms with van der Waals surface area (Å²) in [5.74, 6) is 0.0289. The van der Waals surface area contributed by atoms with Gasteiger partial charge < -0.3 is 5.11 Å². The second-order valence-electron chi connectivity index (χ2n) is 4.02. The van der Waals surface area contributed by atoms with Crippen molar-refractivity contribution in [3.63, 3.8) is 0 Å². The van der Waals surface area contributed by atoms with Crippen LogP contribution in [-0.4, -0.2) is 10.9 Å². The predicted molar refractivity (Wildman–Crippen MR) is 59.7 cm³/mol. The Morgan fingerprint density at radius 1 is 1.53 bits per heavy atom. The number of hydrogen-bond donors (Lipinski definition) is 1. The van der Waals surface area contributed by atoms with E-state index >= 15 is 0 Å². The van der Waals surface area contributed by atoms with Crippen molar-refractivity contribution in [2.45, 2.75) is 25.9 Å². The fourth-order valence-electron chi connectivity index (χ4n) is 1.98. The topological polar surface area (TPSA) is 37.3 Å². The summed E-state index contributed by atoms with van der Waals surface area (Å²) < 4.78 is 0. The maximum absolute atomic E-state index is 11.2. The molecule has 2 nitrogen and oxygen atoms in total. The first kappa shape index (κ1) is 10.1. The molecule has 2 rings (SSSR count). The molecule has 1 N–H and O–H groups in total. The number of benzene rings is 1. The van der Waals surface area contributed by atoms with E-state index < -0.39 is 6.10 Å². The summed E-state index contributed by atoms with van der Waals surface area (Å²) in [4.78, 5) is 11.2. The number of ketones is 1. The second kappa shape index (κ2) is 3.63. The van der Waals surface area contributed by atoms with Crippen LogP contribution in [-0.2, 0) is 0 Å². The third-order valence-corrected chi connectivity index (χ3v) is 2.92. The Labute approximate surface area is 89.2 Å². The van der Waals surface area contributed by atoms with Crippen molar-refractivity contribution in [3.8, 4) is 0 Å². The Morgan fingerprint density at radius 3 is 2.93 bits per heavy atom. The molecule has 0 fully saturated rings. The molecule has 0 heterocycles. The normalized spacial score (nSPS) is 19.9. The molecule has 1 aliphatic rings. The highest BCUT2D eigenvalue weighted by Crippen LogP contribution is 2.36. The summed E-state index contributed by atoms with van der Waals surface area (Å²) in [6.45, 7) is 5.50. The van der Waals surface area contributed by atoms with Crippen LogP contribution in [0.4, 0.5) is 0 Å². The fourth-order valence-corrected chi connectivity index (χ4v) is 1.98. The molecule has 1 unspecified atom stereocenters. The van der Waals surface area contributed by atoms with Crippen LogP contribution in [0, 0.1) is 0 Å². The number of allylic oxidation sites excluding steroid dienone is 1. The molecule has 78 valence electrons. The molecule has 0 saturated heterocycles. The lowest BCUT2D eigenvalue weighted by Gasteiger charge is -2.23. The van der Waals surface area contributed by atoms with Crippen LogP contribution in [0.5, 0.6) is 0 Å². The number of rotatable bonds is 1. The van der Waals surface area contributed by atoms with Gasteiger partial charge in [0.05, 0.1) is 6.10 Å². The molecule has 0 aromatic heterocycles. The lowest BCUT2D eigenvalue weighted by atomic mass is 9.85. The van der Waals surface area contributed by atoms with Crippen LogP contribution in [0.2, 0.25) is 0 Å². The minimum atomic E-state index is -0.454. The fraction of sp³-hybridized carbons (Fsp3) is 0.308. The van der Waals surface area contributed by atoms with Crippen LogP contribution in [0.15, 0.2) is 24.8 Å². The molecule has 0 bridgehead atoms. The van der Waals surface area contributed by atoms with Crippen molar-refractivity contribution in [1.82, 2.24) is 0 Å². The maximum atomic E-state index is 11.2. The summed E-state index contributed by atoms with van der Waals surface area (Å²) in [6.07, 6.45) is 1.07. The number of aliphatic hydroxyl groups excluding tert-OH is 1. The van der Waals surface area contributed by atoms with Gasteiger partial charge in [0, 0.05) is 5.56 Å². The van der Waals surface area contributed by atoms with Crippen molar-refractivity contribution < 1.29 is 9.90 Å². The third kappa shape index (κ3) is 1.73. The molecule has 15 heavy (non-hydrogen) atoms. The zero-order valence-electron chi connectivity index (χ0n) is 8.79. The van der Waals surface area contributed by atoms with Gasteiger partial charge in [0.1, 0.15) is 0 Å². The van der Waals surface area contributed by atoms with E-state index in [2.05, 4.69) is 6.58 Å². The van der Waals surface area contributed by atoms with Crippen molar-refractivity contribution in [2.24, 2.45) is 0 Å². The number of Topliss-reactive ketones (excluding diaryl/α,β-unsaturated/α-hetero) is 1. The molecule has 1 aromatic rings. The highest BCUT2D eigenvalue weighted by molar-refractivity contribution is 5.94. The van der Waals surface area contributed by atoms with Crippen LogP contribution in [0.25, 0.3) is 5.57 Å². The van der Waals surface area contributed by atoms with Gasteiger partial charge in [-0.25, -0.2) is 0 Å². The van der Waals surface area contributed by atoms with E-state index in [0.29, 0.717) is 12.0 Å². The number of carbonyl (C=O) groups is 1. The molecule has 1 aromatic carbocycles. The zero-order valence-corrected chi connectivity index (χ0v) is 8.79. The van der Waals surface area contributed by atoms with Gasteiger partial charge in [-0.3, -0.25) is 4.79 Å². The van der Waals surface area contributed by atoms with E-state index in [4.69, 9.17) is 0 Å². The van der Waals surface area contributed by atoms with Crippen LogP contribution < -0.4 is 0 Å². The van der Waals surface area contributed by atoms with Crippen molar-refractivity contribution in [3.05, 3.63) is 41.5 Å². The molecular weight excluding hydrogens is 188 g/mol. The molecule has 0 saturated carbocycles. The maximum Gasteiger partial charge on any atom is 0.159 e. The Bertz CT molecular complexity index is 432. The standard InChI is InChI=1S/C13H14O2/c1-8-3-6-13(15)12-7-10(9(2)14)4-5-11(8)12/h4-5,7,13,15H,1,3,6H2,2H3. The Balaban J connectivity index is 2.54. The first-order valence-corrected chi connectivity index (χ1v) is 5.10. The summed E-state index contributed by atoms with van der Waals surface area (Å²) in [5.41, 5.74) is 3.55. The molecule has 0 aliphatic heterocycles. The first-order valence-electron chi connectivity index (χ1n) is 5.10. The number of hydrogen-bond acceptors (Lipinski definition) is 2. The first-order chi connectivity index (χ1) is 7.09. The quantitative estimate of drug-likeness (QED) is 0.711. The van der Waals surface area contributed by atoms with Crippen molar-refractivity contribution >= 4 is 11.4 Å². The summed E-state index contributed by atoms with van der Waals surface area (Å²) in [5, 5.41) is 9.83. The van der Waals surface area contributed by atoms with Gasteiger partial charge >= 0.3 is 0 Å². The van der Waals surface area contributed by atoms with Gasteiger partial charge in [-0.1, -0.05) is 18.7 Å². The SMILES string of the molecule is C=C1CCC(O)c2cc(C(C)=O)ccc21. The minimum Gasteiger partial charge on any atom is -0.388 e. The van der Waals surface area contributed by atoms with Gasteiger partial charge in [0.2, 0.25) is 0 Å². The smallest absolute Gasteiger partial charge is 0.159 e. The van der Waals surface area contributed by atoms with Gasteiger partial charge in [-0.15, -0.1) is 0 Å². The Kier molecular flexibility index (Phi) is 2.45. The monoisotopic (exact) mass is 202 g/mol. The second-order valence-corrected chi connectivity index (χ2v) is 4.02. The Hall–Kier alpha value is -1.41. The zero-order chi connectivity index (χ0) is 11.0. The van der Waals surface area contributed by atoms with Crippen LogP contribution in [0.1, 0.15) is 47.4 Å². The van der Waals surface area contributed by atoms with Gasteiger partial charge in [-0.05, 0) is 42.5 Å². The summed E-state index contributed by atoms with van der Waals surface area (Å²) in [7, 11) is 0. The van der Waals surface area contributed by atoms with Gasteiger partial charge in [0.25, 0.3) is 0 Å². The predicted octanol–water partition coefficient (Wildman–Crippen LogP) is 2.73. The highest BCUT2D eigenvalue weighted by atomic mass is 16.3. The van der Waals surface area contributed by atoms with Gasteiger partial charge in [-0.2, -0.15) is 0 Å². The van der Waals surface area contributed by atoms with E-state index in [1.807, 2.05) is 6.07 Å². The molecule has 0 spiro atoms. The Morgan fingerprint density at radius 2 is 2.27 bits per heavy atom. The van der Waals surface area contributed by atoms with E-state index in [9.17, 15) is 9.90 Å². The highest BCUT2D eigenvalue weighted by Gasteiger charge is 2.20. The molecule has 1 aliphatic carbocycles. The third-order valence-electron chi connectivity index (χ3n) is 2.92. The van der Waals surface area contributed by atoms with Crippen molar-refractivity contribution in [1.29, 1.82) is 0 Å². The molecule has 0 amide bonds. The summed E-state index contributed by atoms with van der Waals surface area (Å²) in [6, 6.07) is 5.47.